The van der Waals surface area contributed by atoms with Crippen molar-refractivity contribution in [1.29, 1.82) is 0 Å². The molecule has 1 nitrogen and oxygen atoms in total. The normalized spacial score (nSPS) is 14.5. The van der Waals surface area contributed by atoms with E-state index >= 15 is 0 Å². The summed E-state index contributed by atoms with van der Waals surface area (Å²) in [6.07, 6.45) is -6.90. The quantitative estimate of drug-likeness (QED) is 0.119. The summed E-state index contributed by atoms with van der Waals surface area (Å²) in [7, 11) is 0. The fourth-order valence-electron chi connectivity index (χ4n) is 5.84. The zero-order chi connectivity index (χ0) is 33.0. The predicted molar refractivity (Wildman–Crippen MR) is 158 cm³/mol. The Morgan fingerprint density at radius 3 is 1.54 bits per heavy atom. The van der Waals surface area contributed by atoms with Crippen LogP contribution in [0.4, 0.5) is 39.5 Å². The highest BCUT2D eigenvalue weighted by Gasteiger charge is 2.82. The van der Waals surface area contributed by atoms with E-state index in [-0.39, 0.29) is 0 Å². The van der Waals surface area contributed by atoms with Crippen LogP contribution in [0.5, 0.6) is 5.75 Å². The summed E-state index contributed by atoms with van der Waals surface area (Å²) in [5, 5.41) is -5.92. The van der Waals surface area contributed by atoms with Gasteiger partial charge in [0.15, 0.2) is 0 Å². The van der Waals surface area contributed by atoms with Crippen molar-refractivity contribution in [3.05, 3.63) is 150 Å². The Balaban J connectivity index is 1.36. The molecule has 0 spiro atoms. The third-order valence-corrected chi connectivity index (χ3v) is 8.75. The van der Waals surface area contributed by atoms with Gasteiger partial charge in [-0.3, -0.25) is 0 Å². The van der Waals surface area contributed by atoms with Crippen molar-refractivity contribution >= 4 is 12.0 Å². The Morgan fingerprint density at radius 2 is 0.978 bits per heavy atom. The van der Waals surface area contributed by atoms with E-state index in [1.165, 1.54) is 12.1 Å². The topological polar surface area (TPSA) is 9.23 Å². The van der Waals surface area contributed by atoms with Gasteiger partial charge in [0.1, 0.15) is 17.8 Å². The maximum Gasteiger partial charge on any atom is 0.460 e. The smallest absolute Gasteiger partial charge is 0.419 e. The Hall–Kier alpha value is -4.38. The zero-order valence-electron chi connectivity index (χ0n) is 23.3. The Morgan fingerprint density at radius 1 is 0.478 bits per heavy atom. The van der Waals surface area contributed by atoms with E-state index in [1.54, 1.807) is 0 Å². The Kier molecular flexibility index (Phi) is 7.66. The van der Waals surface area contributed by atoms with Crippen molar-refractivity contribution in [3.8, 4) is 28.0 Å². The van der Waals surface area contributed by atoms with Crippen LogP contribution in [-0.2, 0) is 5.41 Å². The molecule has 46 heavy (non-hydrogen) atoms. The molecule has 5 aromatic carbocycles. The van der Waals surface area contributed by atoms with Crippen molar-refractivity contribution in [1.82, 2.24) is 0 Å². The Bertz CT molecular complexity index is 1820. The van der Waals surface area contributed by atoms with Gasteiger partial charge in [0, 0.05) is 0 Å². The Labute approximate surface area is 261 Å². The van der Waals surface area contributed by atoms with Crippen LogP contribution in [0.25, 0.3) is 22.3 Å². The van der Waals surface area contributed by atoms with Gasteiger partial charge in [0.25, 0.3) is 0 Å². The molecule has 0 heterocycles. The second-order valence-corrected chi connectivity index (χ2v) is 11.5. The van der Waals surface area contributed by atoms with Gasteiger partial charge in [-0.05, 0) is 62.7 Å². The summed E-state index contributed by atoms with van der Waals surface area (Å²) >= 11 is -1.48. The number of benzene rings is 5. The van der Waals surface area contributed by atoms with E-state index in [2.05, 4.69) is 40.6 Å². The molecule has 0 unspecified atom stereocenters. The highest BCUT2D eigenvalue weighted by atomic mass is 32.2. The van der Waals surface area contributed by atoms with Crippen molar-refractivity contribution in [2.45, 2.75) is 28.7 Å². The van der Waals surface area contributed by atoms with Crippen LogP contribution < -0.4 is 4.18 Å². The molecule has 0 aliphatic heterocycles. The number of hydrogen-bond donors (Lipinski definition) is 0. The molecule has 0 saturated carbocycles. The van der Waals surface area contributed by atoms with Gasteiger partial charge in [-0.15, -0.1) is 0 Å². The number of alkyl halides is 9. The highest BCUT2D eigenvalue weighted by Crippen LogP contribution is 2.58. The summed E-state index contributed by atoms with van der Waals surface area (Å²) in [6, 6.07) is 39.0. The first kappa shape index (κ1) is 31.6. The molecule has 5 aromatic rings. The molecular weight excluding hydrogens is 639 g/mol. The summed E-state index contributed by atoms with van der Waals surface area (Å²) in [5.41, 5.74) is 6.75. The first-order valence-electron chi connectivity index (χ1n) is 13.7. The number of rotatable bonds is 8. The minimum absolute atomic E-state index is 0.462. The van der Waals surface area contributed by atoms with Crippen LogP contribution in [0.2, 0.25) is 0 Å². The predicted octanol–water partition coefficient (Wildman–Crippen LogP) is 11.2. The first-order chi connectivity index (χ1) is 21.7. The standard InChI is InChI=1S/C35H21F9OS/c36-32(37,34(40,41)42)33(38,39)35(43,44)46-45-26-18-15-22(16-19-26)23-17-20-28-27-13-7-8-14-29(27)31(30(28)21-23,24-9-3-1-4-10-24)25-11-5-2-6-12-25/h1-21H. The molecule has 1 aliphatic carbocycles. The zero-order valence-corrected chi connectivity index (χ0v) is 24.2. The van der Waals surface area contributed by atoms with Crippen molar-refractivity contribution in [3.63, 3.8) is 0 Å². The van der Waals surface area contributed by atoms with E-state index in [9.17, 15) is 39.5 Å². The lowest BCUT2D eigenvalue weighted by Crippen LogP contribution is -2.59. The lowest BCUT2D eigenvalue weighted by molar-refractivity contribution is -0.381. The first-order valence-corrected chi connectivity index (χ1v) is 14.5. The van der Waals surface area contributed by atoms with Gasteiger partial charge in [0.2, 0.25) is 0 Å². The minimum atomic E-state index is -6.99. The molecule has 0 bridgehead atoms. The molecule has 11 heteroatoms. The summed E-state index contributed by atoms with van der Waals surface area (Å²) in [4.78, 5) is 0. The van der Waals surface area contributed by atoms with E-state index < -0.39 is 46.5 Å². The highest BCUT2D eigenvalue weighted by molar-refractivity contribution is 7.96. The molecule has 0 amide bonds. The third-order valence-electron chi connectivity index (χ3n) is 8.00. The van der Waals surface area contributed by atoms with E-state index in [0.717, 1.165) is 45.5 Å². The molecule has 0 fully saturated rings. The SMILES string of the molecule is FC(F)(F)C(F)(F)C(F)(F)C(F)(F)SOc1ccc(-c2ccc3c(c2)C(c2ccccc2)(c2ccccc2)c2ccccc2-3)cc1. The molecule has 0 N–H and O–H groups in total. The number of hydrogen-bond acceptors (Lipinski definition) is 2. The maximum absolute atomic E-state index is 14.0. The van der Waals surface area contributed by atoms with Crippen LogP contribution in [0.3, 0.4) is 0 Å². The van der Waals surface area contributed by atoms with E-state index in [1.807, 2.05) is 66.7 Å². The largest absolute Gasteiger partial charge is 0.460 e. The fourth-order valence-corrected chi connectivity index (χ4v) is 6.39. The molecular formula is C35H21F9OS. The molecule has 0 saturated heterocycles. The number of fused-ring (bicyclic) bond motifs is 3. The van der Waals surface area contributed by atoms with Crippen molar-refractivity contribution in [2.24, 2.45) is 0 Å². The van der Waals surface area contributed by atoms with Gasteiger partial charge in [-0.2, -0.15) is 39.5 Å². The van der Waals surface area contributed by atoms with E-state index in [4.69, 9.17) is 0 Å². The van der Waals surface area contributed by atoms with Gasteiger partial charge in [-0.1, -0.05) is 109 Å². The van der Waals surface area contributed by atoms with Gasteiger partial charge in [0.05, 0.1) is 5.41 Å². The van der Waals surface area contributed by atoms with Crippen LogP contribution >= 0.6 is 12.0 Å². The van der Waals surface area contributed by atoms with Crippen LogP contribution in [0.1, 0.15) is 22.3 Å². The number of halogens is 9. The van der Waals surface area contributed by atoms with Crippen LogP contribution in [0.15, 0.2) is 127 Å². The average molecular weight is 661 g/mol. The summed E-state index contributed by atoms with van der Waals surface area (Å²) in [6.45, 7) is 0. The van der Waals surface area contributed by atoms with Crippen LogP contribution in [-0.4, -0.2) is 23.3 Å². The summed E-state index contributed by atoms with van der Waals surface area (Å²) < 4.78 is 123. The molecule has 0 aromatic heterocycles. The van der Waals surface area contributed by atoms with Gasteiger partial charge in [-0.25, -0.2) is 0 Å². The van der Waals surface area contributed by atoms with Crippen LogP contribution in [0, 0.1) is 0 Å². The monoisotopic (exact) mass is 660 g/mol. The van der Waals surface area contributed by atoms with E-state index in [0.29, 0.717) is 11.1 Å². The maximum atomic E-state index is 14.0. The molecule has 0 atom stereocenters. The van der Waals surface area contributed by atoms with Crippen molar-refractivity contribution in [2.75, 3.05) is 0 Å². The summed E-state index contributed by atoms with van der Waals surface area (Å²) in [5.74, 6) is -14.2. The average Bonchev–Trinajstić information content (AvgIpc) is 3.34. The third kappa shape index (κ3) is 4.83. The lowest BCUT2D eigenvalue weighted by atomic mass is 9.67. The second kappa shape index (κ2) is 11.2. The molecule has 1 aliphatic rings. The van der Waals surface area contributed by atoms with Gasteiger partial charge >= 0.3 is 23.3 Å². The molecule has 6 rings (SSSR count). The molecule has 236 valence electrons. The lowest BCUT2D eigenvalue weighted by Gasteiger charge is -2.34. The minimum Gasteiger partial charge on any atom is -0.419 e. The van der Waals surface area contributed by atoms with Gasteiger partial charge < -0.3 is 4.18 Å². The van der Waals surface area contributed by atoms with Crippen molar-refractivity contribution < 1.29 is 43.7 Å². The molecule has 0 radical (unpaired) electrons. The fraction of sp³-hybridized carbons (Fsp3) is 0.143. The second-order valence-electron chi connectivity index (χ2n) is 10.6.